The SMILES string of the molecule is CC(C)(C)OC(=O)N1CCC/C(=C/CO)C1. The van der Waals surface area contributed by atoms with Crippen LogP contribution in [0.1, 0.15) is 33.6 Å². The topological polar surface area (TPSA) is 49.8 Å². The Morgan fingerprint density at radius 2 is 2.25 bits per heavy atom. The third-order valence-electron chi connectivity index (χ3n) is 2.35. The average molecular weight is 227 g/mol. The number of piperidine rings is 1. The smallest absolute Gasteiger partial charge is 0.410 e. The van der Waals surface area contributed by atoms with Gasteiger partial charge in [-0.1, -0.05) is 11.6 Å². The number of likely N-dealkylation sites (tertiary alicyclic amines) is 1. The number of hydrogen-bond donors (Lipinski definition) is 1. The van der Waals surface area contributed by atoms with Gasteiger partial charge in [0.25, 0.3) is 0 Å². The number of nitrogens with zero attached hydrogens (tertiary/aromatic N) is 1. The summed E-state index contributed by atoms with van der Waals surface area (Å²) >= 11 is 0. The Hall–Kier alpha value is -1.03. The number of hydrogen-bond acceptors (Lipinski definition) is 3. The molecule has 0 radical (unpaired) electrons. The lowest BCUT2D eigenvalue weighted by atomic mass is 10.1. The summed E-state index contributed by atoms with van der Waals surface area (Å²) in [6, 6.07) is 0. The largest absolute Gasteiger partial charge is 0.444 e. The highest BCUT2D eigenvalue weighted by Gasteiger charge is 2.24. The third-order valence-corrected chi connectivity index (χ3v) is 2.35. The van der Waals surface area contributed by atoms with E-state index in [1.54, 1.807) is 11.0 Å². The summed E-state index contributed by atoms with van der Waals surface area (Å²) in [4.78, 5) is 13.5. The summed E-state index contributed by atoms with van der Waals surface area (Å²) < 4.78 is 5.30. The van der Waals surface area contributed by atoms with Crippen molar-refractivity contribution >= 4 is 6.09 Å². The van der Waals surface area contributed by atoms with Crippen molar-refractivity contribution in [3.05, 3.63) is 11.6 Å². The summed E-state index contributed by atoms with van der Waals surface area (Å²) in [5.74, 6) is 0. The second-order valence-corrected chi connectivity index (χ2v) is 5.05. The molecule has 0 bridgehead atoms. The fraction of sp³-hybridized carbons (Fsp3) is 0.750. The Labute approximate surface area is 96.9 Å². The molecule has 0 aromatic rings. The Morgan fingerprint density at radius 1 is 1.56 bits per heavy atom. The Morgan fingerprint density at radius 3 is 2.81 bits per heavy atom. The summed E-state index contributed by atoms with van der Waals surface area (Å²) in [5, 5.41) is 8.82. The van der Waals surface area contributed by atoms with Crippen LogP contribution in [0.25, 0.3) is 0 Å². The average Bonchev–Trinajstić information content (AvgIpc) is 2.16. The quantitative estimate of drug-likeness (QED) is 0.696. The zero-order valence-electron chi connectivity index (χ0n) is 10.3. The molecule has 0 saturated carbocycles. The van der Waals surface area contributed by atoms with Crippen LogP contribution in [0.2, 0.25) is 0 Å². The summed E-state index contributed by atoms with van der Waals surface area (Å²) in [6.07, 6.45) is 3.40. The highest BCUT2D eigenvalue weighted by atomic mass is 16.6. The van der Waals surface area contributed by atoms with Gasteiger partial charge in [-0.15, -0.1) is 0 Å². The van der Waals surface area contributed by atoms with E-state index in [4.69, 9.17) is 9.84 Å². The maximum absolute atomic E-state index is 11.8. The van der Waals surface area contributed by atoms with Gasteiger partial charge in [-0.25, -0.2) is 4.79 Å². The van der Waals surface area contributed by atoms with Crippen LogP contribution in [0.4, 0.5) is 4.79 Å². The normalized spacial score (nSPS) is 20.0. The van der Waals surface area contributed by atoms with Crippen LogP contribution in [0.5, 0.6) is 0 Å². The fourth-order valence-electron chi connectivity index (χ4n) is 1.68. The van der Waals surface area contributed by atoms with E-state index < -0.39 is 5.60 Å². The number of amides is 1. The van der Waals surface area contributed by atoms with Crippen molar-refractivity contribution in [1.29, 1.82) is 0 Å². The number of carbonyl (C=O) groups excluding carboxylic acids is 1. The maximum Gasteiger partial charge on any atom is 0.410 e. The molecule has 0 aromatic heterocycles. The fourth-order valence-corrected chi connectivity index (χ4v) is 1.68. The molecule has 1 rings (SSSR count). The summed E-state index contributed by atoms with van der Waals surface area (Å²) in [5.41, 5.74) is 0.662. The molecule has 1 amide bonds. The molecule has 1 aliphatic rings. The number of ether oxygens (including phenoxy) is 1. The molecule has 0 aliphatic carbocycles. The minimum atomic E-state index is -0.449. The molecule has 0 spiro atoms. The van der Waals surface area contributed by atoms with Gasteiger partial charge in [0, 0.05) is 13.1 Å². The highest BCUT2D eigenvalue weighted by Crippen LogP contribution is 2.18. The predicted octanol–water partition coefficient (Wildman–Crippen LogP) is 1.94. The molecular weight excluding hydrogens is 206 g/mol. The second-order valence-electron chi connectivity index (χ2n) is 5.05. The third kappa shape index (κ3) is 4.23. The van der Waals surface area contributed by atoms with Crippen molar-refractivity contribution in [2.24, 2.45) is 0 Å². The lowest BCUT2D eigenvalue weighted by molar-refractivity contribution is 0.0246. The summed E-state index contributed by atoms with van der Waals surface area (Å²) in [6.45, 7) is 6.93. The molecule has 1 aliphatic heterocycles. The molecule has 1 fully saturated rings. The summed E-state index contributed by atoms with van der Waals surface area (Å²) in [7, 11) is 0. The number of carbonyl (C=O) groups is 1. The van der Waals surface area contributed by atoms with E-state index in [1.807, 2.05) is 20.8 Å². The van der Waals surface area contributed by atoms with E-state index in [2.05, 4.69) is 0 Å². The maximum atomic E-state index is 11.8. The first kappa shape index (κ1) is 13.0. The van der Waals surface area contributed by atoms with Crippen LogP contribution in [0.3, 0.4) is 0 Å². The van der Waals surface area contributed by atoms with E-state index in [0.29, 0.717) is 6.54 Å². The van der Waals surface area contributed by atoms with Crippen LogP contribution in [-0.2, 0) is 4.74 Å². The standard InChI is InChI=1S/C12H21NO3/c1-12(2,3)16-11(15)13-7-4-5-10(9-13)6-8-14/h6,14H,4-5,7-9H2,1-3H3/b10-6-. The van der Waals surface area contributed by atoms with Gasteiger partial charge in [-0.05, 0) is 33.6 Å². The van der Waals surface area contributed by atoms with Gasteiger partial charge in [0.15, 0.2) is 0 Å². The zero-order chi connectivity index (χ0) is 12.2. The predicted molar refractivity (Wildman–Crippen MR) is 62.2 cm³/mol. The zero-order valence-corrected chi connectivity index (χ0v) is 10.3. The first-order valence-corrected chi connectivity index (χ1v) is 5.69. The van der Waals surface area contributed by atoms with Gasteiger partial charge < -0.3 is 14.7 Å². The van der Waals surface area contributed by atoms with Gasteiger partial charge >= 0.3 is 6.09 Å². The van der Waals surface area contributed by atoms with Crippen molar-refractivity contribution < 1.29 is 14.6 Å². The van der Waals surface area contributed by atoms with Crippen molar-refractivity contribution in [3.63, 3.8) is 0 Å². The Balaban J connectivity index is 2.54. The minimum absolute atomic E-state index is 0.0392. The highest BCUT2D eigenvalue weighted by molar-refractivity contribution is 5.68. The molecule has 1 saturated heterocycles. The minimum Gasteiger partial charge on any atom is -0.444 e. The van der Waals surface area contributed by atoms with E-state index in [-0.39, 0.29) is 12.7 Å². The molecule has 0 aromatic carbocycles. The van der Waals surface area contributed by atoms with E-state index in [0.717, 1.165) is 25.0 Å². The van der Waals surface area contributed by atoms with Crippen LogP contribution in [-0.4, -0.2) is 41.4 Å². The molecule has 1 N–H and O–H groups in total. The molecule has 1 heterocycles. The van der Waals surface area contributed by atoms with Crippen molar-refractivity contribution in [1.82, 2.24) is 4.90 Å². The molecule has 0 atom stereocenters. The van der Waals surface area contributed by atoms with E-state index in [9.17, 15) is 4.79 Å². The van der Waals surface area contributed by atoms with Crippen molar-refractivity contribution in [2.75, 3.05) is 19.7 Å². The number of aliphatic hydroxyl groups is 1. The lowest BCUT2D eigenvalue weighted by Crippen LogP contribution is -2.40. The van der Waals surface area contributed by atoms with Gasteiger partial charge in [-0.3, -0.25) is 0 Å². The lowest BCUT2D eigenvalue weighted by Gasteiger charge is -2.31. The van der Waals surface area contributed by atoms with Crippen LogP contribution in [0.15, 0.2) is 11.6 Å². The van der Waals surface area contributed by atoms with Crippen molar-refractivity contribution in [2.45, 2.75) is 39.2 Å². The van der Waals surface area contributed by atoms with E-state index >= 15 is 0 Å². The van der Waals surface area contributed by atoms with Crippen LogP contribution in [0, 0.1) is 0 Å². The Bertz CT molecular complexity index is 278. The molecule has 4 heteroatoms. The van der Waals surface area contributed by atoms with Gasteiger partial charge in [0.2, 0.25) is 0 Å². The van der Waals surface area contributed by atoms with Gasteiger partial charge in [0.05, 0.1) is 6.61 Å². The monoisotopic (exact) mass is 227 g/mol. The molecule has 0 unspecified atom stereocenters. The molecular formula is C12H21NO3. The number of aliphatic hydroxyl groups excluding tert-OH is 1. The van der Waals surface area contributed by atoms with Crippen LogP contribution < -0.4 is 0 Å². The van der Waals surface area contributed by atoms with Gasteiger partial charge in [0.1, 0.15) is 5.60 Å². The van der Waals surface area contributed by atoms with Crippen LogP contribution >= 0.6 is 0 Å². The molecule has 92 valence electrons. The van der Waals surface area contributed by atoms with Crippen molar-refractivity contribution in [3.8, 4) is 0 Å². The number of rotatable bonds is 1. The molecule has 16 heavy (non-hydrogen) atoms. The van der Waals surface area contributed by atoms with E-state index in [1.165, 1.54) is 0 Å². The first-order chi connectivity index (χ1) is 7.42. The first-order valence-electron chi connectivity index (χ1n) is 5.69. The second kappa shape index (κ2) is 5.34. The molecule has 4 nitrogen and oxygen atoms in total. The Kier molecular flexibility index (Phi) is 4.35. The van der Waals surface area contributed by atoms with Gasteiger partial charge in [-0.2, -0.15) is 0 Å².